The van der Waals surface area contributed by atoms with Gasteiger partial charge in [-0.15, -0.1) is 0 Å². The molecular formula is C10H14N3O4+. The molecule has 0 aromatic carbocycles. The zero-order valence-corrected chi connectivity index (χ0v) is 9.13. The predicted molar refractivity (Wildman–Crippen MR) is 56.7 cm³/mol. The lowest BCUT2D eigenvalue weighted by molar-refractivity contribution is -0.727. The SMILES string of the molecule is NC(=O)OC[n+]1ccc(C(=O)NCCO)cc1. The first-order valence-corrected chi connectivity index (χ1v) is 4.94. The Morgan fingerprint density at radius 3 is 2.59 bits per heavy atom. The highest BCUT2D eigenvalue weighted by atomic mass is 16.6. The van der Waals surface area contributed by atoms with Crippen molar-refractivity contribution in [1.82, 2.24) is 5.32 Å². The van der Waals surface area contributed by atoms with Gasteiger partial charge in [0, 0.05) is 18.7 Å². The molecule has 17 heavy (non-hydrogen) atoms. The molecule has 0 atom stereocenters. The summed E-state index contributed by atoms with van der Waals surface area (Å²) in [5.41, 5.74) is 5.26. The molecule has 0 radical (unpaired) electrons. The van der Waals surface area contributed by atoms with Gasteiger partial charge in [0.15, 0.2) is 12.4 Å². The normalized spacial score (nSPS) is 9.71. The summed E-state index contributed by atoms with van der Waals surface area (Å²) in [5, 5.41) is 11.1. The Morgan fingerprint density at radius 2 is 2.06 bits per heavy atom. The monoisotopic (exact) mass is 240 g/mol. The third-order valence-corrected chi connectivity index (χ3v) is 1.91. The van der Waals surface area contributed by atoms with E-state index in [2.05, 4.69) is 10.1 Å². The predicted octanol–water partition coefficient (Wildman–Crippen LogP) is -1.25. The van der Waals surface area contributed by atoms with Crippen LogP contribution in [0.5, 0.6) is 0 Å². The second-order valence-corrected chi connectivity index (χ2v) is 3.17. The molecular weight excluding hydrogens is 226 g/mol. The Kier molecular flexibility index (Phi) is 4.89. The van der Waals surface area contributed by atoms with E-state index < -0.39 is 6.09 Å². The van der Waals surface area contributed by atoms with Crippen molar-refractivity contribution in [3.63, 3.8) is 0 Å². The minimum absolute atomic E-state index is 0.00608. The highest BCUT2D eigenvalue weighted by molar-refractivity contribution is 5.93. The van der Waals surface area contributed by atoms with Crippen LogP contribution in [0.3, 0.4) is 0 Å². The van der Waals surface area contributed by atoms with Crippen LogP contribution < -0.4 is 15.6 Å². The summed E-state index contributed by atoms with van der Waals surface area (Å²) in [7, 11) is 0. The van der Waals surface area contributed by atoms with Gasteiger partial charge in [0.2, 0.25) is 0 Å². The van der Waals surface area contributed by atoms with E-state index >= 15 is 0 Å². The molecule has 0 aliphatic rings. The molecule has 7 heteroatoms. The maximum atomic E-state index is 11.4. The molecule has 0 saturated carbocycles. The first-order valence-electron chi connectivity index (χ1n) is 4.94. The first-order chi connectivity index (χ1) is 8.13. The second-order valence-electron chi connectivity index (χ2n) is 3.17. The van der Waals surface area contributed by atoms with E-state index in [1.807, 2.05) is 0 Å². The van der Waals surface area contributed by atoms with Gasteiger partial charge in [0.1, 0.15) is 0 Å². The Balaban J connectivity index is 2.55. The number of aliphatic hydroxyl groups is 1. The summed E-state index contributed by atoms with van der Waals surface area (Å²) in [5.74, 6) is -0.276. The molecule has 0 aliphatic heterocycles. The van der Waals surface area contributed by atoms with Crippen molar-refractivity contribution in [2.45, 2.75) is 6.73 Å². The number of hydrogen-bond donors (Lipinski definition) is 3. The summed E-state index contributed by atoms with van der Waals surface area (Å²) < 4.78 is 6.11. The third-order valence-electron chi connectivity index (χ3n) is 1.91. The number of nitrogens with zero attached hydrogens (tertiary/aromatic N) is 1. The van der Waals surface area contributed by atoms with Crippen molar-refractivity contribution in [2.75, 3.05) is 13.2 Å². The topological polar surface area (TPSA) is 106 Å². The lowest BCUT2D eigenvalue weighted by atomic mass is 10.2. The van der Waals surface area contributed by atoms with Crippen molar-refractivity contribution >= 4 is 12.0 Å². The van der Waals surface area contributed by atoms with Gasteiger partial charge >= 0.3 is 6.09 Å². The molecule has 1 aromatic heterocycles. The standard InChI is InChI=1S/C10H13N3O4/c11-10(16)17-7-13-4-1-8(2-5-13)9(15)12-3-6-14/h1-2,4-5,14H,3,6-7H2,(H2-,11,12,15,16)/p+1. The minimum Gasteiger partial charge on any atom is -0.395 e. The average molecular weight is 240 g/mol. The van der Waals surface area contributed by atoms with E-state index in [-0.39, 0.29) is 25.8 Å². The van der Waals surface area contributed by atoms with Crippen LogP contribution in [0.1, 0.15) is 10.4 Å². The smallest absolute Gasteiger partial charge is 0.395 e. The molecule has 0 spiro atoms. The zero-order chi connectivity index (χ0) is 12.7. The van der Waals surface area contributed by atoms with Crippen molar-refractivity contribution in [1.29, 1.82) is 0 Å². The van der Waals surface area contributed by atoms with Crippen molar-refractivity contribution in [2.24, 2.45) is 5.73 Å². The number of nitrogens with one attached hydrogen (secondary N) is 1. The lowest BCUT2D eigenvalue weighted by Gasteiger charge is -2.02. The molecule has 92 valence electrons. The molecule has 0 bridgehead atoms. The van der Waals surface area contributed by atoms with Crippen LogP contribution in [0.15, 0.2) is 24.5 Å². The molecule has 2 amide bonds. The molecule has 7 nitrogen and oxygen atoms in total. The summed E-state index contributed by atoms with van der Waals surface area (Å²) >= 11 is 0. The Labute approximate surface area is 97.8 Å². The summed E-state index contributed by atoms with van der Waals surface area (Å²) in [6.45, 7) is 0.0947. The van der Waals surface area contributed by atoms with Crippen molar-refractivity contribution in [3.8, 4) is 0 Å². The van der Waals surface area contributed by atoms with E-state index in [1.165, 1.54) is 0 Å². The van der Waals surface area contributed by atoms with Crippen LogP contribution in [0.2, 0.25) is 0 Å². The first kappa shape index (κ1) is 12.9. The number of aromatic nitrogens is 1. The van der Waals surface area contributed by atoms with Gasteiger partial charge < -0.3 is 20.9 Å². The number of carbonyl (C=O) groups is 2. The van der Waals surface area contributed by atoms with Gasteiger partial charge in [0.05, 0.1) is 12.2 Å². The Hall–Kier alpha value is -2.15. The summed E-state index contributed by atoms with van der Waals surface area (Å²) in [6, 6.07) is 3.13. The molecule has 0 unspecified atom stereocenters. The van der Waals surface area contributed by atoms with Crippen LogP contribution in [-0.2, 0) is 11.5 Å². The van der Waals surface area contributed by atoms with Crippen molar-refractivity contribution in [3.05, 3.63) is 30.1 Å². The van der Waals surface area contributed by atoms with Gasteiger partial charge in [0.25, 0.3) is 12.6 Å². The van der Waals surface area contributed by atoms with Crippen LogP contribution in [0.25, 0.3) is 0 Å². The van der Waals surface area contributed by atoms with Crippen molar-refractivity contribution < 1.29 is 24.0 Å². The Bertz CT molecular complexity index is 391. The van der Waals surface area contributed by atoms with Crippen LogP contribution in [-0.4, -0.2) is 30.3 Å². The minimum atomic E-state index is -0.859. The summed E-state index contributed by atoms with van der Waals surface area (Å²) in [4.78, 5) is 21.8. The van der Waals surface area contributed by atoms with Gasteiger partial charge in [-0.2, -0.15) is 4.57 Å². The number of primary amides is 1. The van der Waals surface area contributed by atoms with Crippen LogP contribution in [0.4, 0.5) is 4.79 Å². The lowest BCUT2D eigenvalue weighted by Crippen LogP contribution is -2.37. The number of rotatable bonds is 5. The highest BCUT2D eigenvalue weighted by Gasteiger charge is 2.08. The van der Waals surface area contributed by atoms with E-state index in [1.54, 1.807) is 29.1 Å². The van der Waals surface area contributed by atoms with Gasteiger partial charge in [-0.05, 0) is 0 Å². The average Bonchev–Trinajstić information content (AvgIpc) is 2.34. The third kappa shape index (κ3) is 4.47. The second kappa shape index (κ2) is 6.44. The number of amides is 2. The molecule has 0 aliphatic carbocycles. The largest absolute Gasteiger partial charge is 0.409 e. The number of nitrogens with two attached hydrogens (primary N) is 1. The van der Waals surface area contributed by atoms with E-state index in [4.69, 9.17) is 10.8 Å². The zero-order valence-electron chi connectivity index (χ0n) is 9.13. The molecule has 4 N–H and O–H groups in total. The maximum Gasteiger partial charge on any atom is 0.409 e. The number of ether oxygens (including phenoxy) is 1. The fourth-order valence-corrected chi connectivity index (χ4v) is 1.10. The van der Waals surface area contributed by atoms with E-state index in [9.17, 15) is 9.59 Å². The number of carbonyl (C=O) groups excluding carboxylic acids is 2. The van der Waals surface area contributed by atoms with Gasteiger partial charge in [-0.3, -0.25) is 4.79 Å². The summed E-state index contributed by atoms with van der Waals surface area (Å²) in [6.07, 6.45) is 2.30. The molecule has 1 aromatic rings. The quantitative estimate of drug-likeness (QED) is 0.559. The van der Waals surface area contributed by atoms with E-state index in [0.717, 1.165) is 0 Å². The van der Waals surface area contributed by atoms with Gasteiger partial charge in [-0.25, -0.2) is 4.79 Å². The number of hydrogen-bond acceptors (Lipinski definition) is 4. The fraction of sp³-hybridized carbons (Fsp3) is 0.300. The van der Waals surface area contributed by atoms with E-state index in [0.29, 0.717) is 5.56 Å². The highest BCUT2D eigenvalue weighted by Crippen LogP contribution is 1.94. The van der Waals surface area contributed by atoms with Gasteiger partial charge in [-0.1, -0.05) is 0 Å². The van der Waals surface area contributed by atoms with Crippen LogP contribution in [0, 0.1) is 0 Å². The maximum absolute atomic E-state index is 11.4. The molecule has 0 saturated heterocycles. The number of pyridine rings is 1. The van der Waals surface area contributed by atoms with Crippen LogP contribution >= 0.6 is 0 Å². The molecule has 1 heterocycles. The molecule has 1 rings (SSSR count). The molecule has 0 fully saturated rings. The fourth-order valence-electron chi connectivity index (χ4n) is 1.10. The Morgan fingerprint density at radius 1 is 1.41 bits per heavy atom. The number of aliphatic hydroxyl groups excluding tert-OH is 1.